The van der Waals surface area contributed by atoms with Crippen molar-refractivity contribution in [3.8, 4) is 0 Å². The number of rotatable bonds is 2. The molecule has 2 saturated heterocycles. The lowest BCUT2D eigenvalue weighted by Crippen LogP contribution is -2.63. The highest BCUT2D eigenvalue weighted by Gasteiger charge is 2.50. The lowest BCUT2D eigenvalue weighted by atomic mass is 9.83. The van der Waals surface area contributed by atoms with Crippen LogP contribution in [0.1, 0.15) is 18.4 Å². The lowest BCUT2D eigenvalue weighted by Gasteiger charge is -2.50. The van der Waals surface area contributed by atoms with Crippen molar-refractivity contribution in [2.24, 2.45) is 0 Å². The van der Waals surface area contributed by atoms with Crippen LogP contribution in [0.15, 0.2) is 24.3 Å². The number of fused-ring (bicyclic) bond motifs is 1. The van der Waals surface area contributed by atoms with Crippen LogP contribution in [-0.2, 0) is 21.2 Å². The Morgan fingerprint density at radius 1 is 1.27 bits per heavy atom. The molecule has 0 radical (unpaired) electrons. The molecule has 3 aliphatic rings. The third-order valence-electron chi connectivity index (χ3n) is 5.33. The molecule has 0 saturated carbocycles. The largest absolute Gasteiger partial charge is 0.378 e. The van der Waals surface area contributed by atoms with Crippen molar-refractivity contribution in [1.82, 2.24) is 4.90 Å². The number of likely N-dealkylation sites (tertiary alicyclic amines) is 1. The fraction of sp³-hybridized carbons (Fsp3) is 0.625. The zero-order valence-corrected chi connectivity index (χ0v) is 13.7. The minimum Gasteiger partial charge on any atom is -0.378 e. The third kappa shape index (κ3) is 2.16. The summed E-state index contributed by atoms with van der Waals surface area (Å²) in [6.45, 7) is 3.18. The van der Waals surface area contributed by atoms with Crippen LogP contribution in [0.3, 0.4) is 0 Å². The number of hydrogen-bond acceptors (Lipinski definition) is 4. The minimum atomic E-state index is -3.27. The van der Waals surface area contributed by atoms with Gasteiger partial charge in [-0.2, -0.15) is 0 Å². The Hall–Kier alpha value is -1.11. The first-order chi connectivity index (χ1) is 10.5. The molecule has 5 nitrogen and oxygen atoms in total. The predicted molar refractivity (Wildman–Crippen MR) is 85.6 cm³/mol. The molecule has 4 rings (SSSR count). The summed E-state index contributed by atoms with van der Waals surface area (Å²) in [5.41, 5.74) is 1.94. The van der Waals surface area contributed by atoms with Gasteiger partial charge in [-0.15, -0.1) is 0 Å². The fourth-order valence-electron chi connectivity index (χ4n) is 4.25. The molecule has 0 amide bonds. The first-order valence-electron chi connectivity index (χ1n) is 7.90. The molecule has 1 aromatic carbocycles. The summed E-state index contributed by atoms with van der Waals surface area (Å²) in [5.74, 6) is 0. The van der Waals surface area contributed by atoms with Crippen LogP contribution < -0.4 is 4.31 Å². The summed E-state index contributed by atoms with van der Waals surface area (Å²) >= 11 is 0. The van der Waals surface area contributed by atoms with E-state index < -0.39 is 10.0 Å². The van der Waals surface area contributed by atoms with E-state index in [1.807, 2.05) is 18.2 Å². The van der Waals surface area contributed by atoms with Crippen LogP contribution in [0.4, 0.5) is 5.69 Å². The second kappa shape index (κ2) is 4.94. The van der Waals surface area contributed by atoms with Crippen molar-refractivity contribution in [2.45, 2.75) is 30.8 Å². The molecule has 1 unspecified atom stereocenters. The molecule has 3 aliphatic heterocycles. The summed E-state index contributed by atoms with van der Waals surface area (Å²) in [6.07, 6.45) is 4.44. The number of ether oxygens (including phenoxy) is 1. The third-order valence-corrected chi connectivity index (χ3v) is 6.46. The SMILES string of the molecule is CS(=O)(=O)N1CC2(CCCN2C2COC2)Cc2ccccc21. The molecule has 0 aliphatic carbocycles. The van der Waals surface area contributed by atoms with Gasteiger partial charge in [-0.1, -0.05) is 18.2 Å². The van der Waals surface area contributed by atoms with Gasteiger partial charge >= 0.3 is 0 Å². The Bertz CT molecular complexity index is 686. The van der Waals surface area contributed by atoms with E-state index in [0.717, 1.165) is 50.3 Å². The molecular weight excluding hydrogens is 300 g/mol. The van der Waals surface area contributed by atoms with Crippen LogP contribution in [0, 0.1) is 0 Å². The summed E-state index contributed by atoms with van der Waals surface area (Å²) in [6, 6.07) is 8.37. The van der Waals surface area contributed by atoms with Crippen molar-refractivity contribution < 1.29 is 13.2 Å². The Balaban J connectivity index is 1.77. The van der Waals surface area contributed by atoms with Gasteiger partial charge in [0.1, 0.15) is 0 Å². The van der Waals surface area contributed by atoms with E-state index >= 15 is 0 Å². The summed E-state index contributed by atoms with van der Waals surface area (Å²) in [5, 5.41) is 0. The Labute approximate surface area is 131 Å². The fourth-order valence-corrected chi connectivity index (χ4v) is 5.26. The number of sulfonamides is 1. The van der Waals surface area contributed by atoms with Gasteiger partial charge in [-0.25, -0.2) is 8.42 Å². The molecule has 1 spiro atoms. The molecule has 1 aromatic rings. The molecule has 120 valence electrons. The predicted octanol–water partition coefficient (Wildman–Crippen LogP) is 1.24. The topological polar surface area (TPSA) is 49.9 Å². The zero-order valence-electron chi connectivity index (χ0n) is 12.9. The zero-order chi connectivity index (χ0) is 15.4. The minimum absolute atomic E-state index is 0.0636. The quantitative estimate of drug-likeness (QED) is 0.822. The standard InChI is InChI=1S/C16H22N2O3S/c1-22(19,20)18-12-16(9-13-5-2-3-6-15(13)18)7-4-8-17(16)14-10-21-11-14/h2-3,5-6,14H,4,7-12H2,1H3. The summed E-state index contributed by atoms with van der Waals surface area (Å²) in [4.78, 5) is 2.52. The van der Waals surface area contributed by atoms with Crippen molar-refractivity contribution in [1.29, 1.82) is 0 Å². The lowest BCUT2D eigenvalue weighted by molar-refractivity contribution is -0.0890. The van der Waals surface area contributed by atoms with Gasteiger partial charge in [0.05, 0.1) is 37.7 Å². The van der Waals surface area contributed by atoms with Gasteiger partial charge < -0.3 is 4.74 Å². The number of nitrogens with zero attached hydrogens (tertiary/aromatic N) is 2. The first kappa shape index (κ1) is 14.5. The number of hydrogen-bond donors (Lipinski definition) is 0. The highest BCUT2D eigenvalue weighted by Crippen LogP contribution is 2.43. The van der Waals surface area contributed by atoms with E-state index in [0.29, 0.717) is 12.6 Å². The molecule has 0 aromatic heterocycles. The smallest absolute Gasteiger partial charge is 0.232 e. The van der Waals surface area contributed by atoms with Crippen molar-refractivity contribution in [3.05, 3.63) is 29.8 Å². The van der Waals surface area contributed by atoms with Crippen molar-refractivity contribution in [2.75, 3.05) is 36.9 Å². The molecule has 6 heteroatoms. The van der Waals surface area contributed by atoms with E-state index in [1.54, 1.807) is 4.31 Å². The molecule has 2 fully saturated rings. The Morgan fingerprint density at radius 3 is 2.73 bits per heavy atom. The molecule has 22 heavy (non-hydrogen) atoms. The van der Waals surface area contributed by atoms with Crippen LogP contribution in [0.2, 0.25) is 0 Å². The van der Waals surface area contributed by atoms with E-state index in [1.165, 1.54) is 6.26 Å². The highest BCUT2D eigenvalue weighted by molar-refractivity contribution is 7.92. The van der Waals surface area contributed by atoms with Gasteiger partial charge in [0, 0.05) is 5.54 Å². The number of benzene rings is 1. The van der Waals surface area contributed by atoms with Crippen LogP contribution in [-0.4, -0.2) is 57.5 Å². The molecule has 3 heterocycles. The van der Waals surface area contributed by atoms with Crippen molar-refractivity contribution >= 4 is 15.7 Å². The second-order valence-corrected chi connectivity index (χ2v) is 8.69. The maximum absolute atomic E-state index is 12.3. The highest BCUT2D eigenvalue weighted by atomic mass is 32.2. The van der Waals surface area contributed by atoms with E-state index in [2.05, 4.69) is 11.0 Å². The van der Waals surface area contributed by atoms with Gasteiger partial charge in [-0.05, 0) is 37.4 Å². The monoisotopic (exact) mass is 322 g/mol. The summed E-state index contributed by atoms with van der Waals surface area (Å²) < 4.78 is 31.6. The first-order valence-corrected chi connectivity index (χ1v) is 9.75. The van der Waals surface area contributed by atoms with Crippen molar-refractivity contribution in [3.63, 3.8) is 0 Å². The normalized spacial score (nSPS) is 29.6. The van der Waals surface area contributed by atoms with Crippen LogP contribution in [0.5, 0.6) is 0 Å². The average Bonchev–Trinajstić information content (AvgIpc) is 2.78. The number of anilines is 1. The molecule has 0 bridgehead atoms. The van der Waals surface area contributed by atoms with E-state index in [9.17, 15) is 8.42 Å². The van der Waals surface area contributed by atoms with E-state index in [4.69, 9.17) is 4.74 Å². The maximum atomic E-state index is 12.3. The van der Waals surface area contributed by atoms with Gasteiger partial charge in [0.15, 0.2) is 0 Å². The second-order valence-electron chi connectivity index (χ2n) is 6.79. The molecular formula is C16H22N2O3S. The van der Waals surface area contributed by atoms with Gasteiger partial charge in [0.2, 0.25) is 10.0 Å². The Kier molecular flexibility index (Phi) is 3.25. The maximum Gasteiger partial charge on any atom is 0.232 e. The molecule has 0 N–H and O–H groups in total. The average molecular weight is 322 g/mol. The number of para-hydroxylation sites is 1. The van der Waals surface area contributed by atoms with Crippen LogP contribution >= 0.6 is 0 Å². The van der Waals surface area contributed by atoms with Gasteiger partial charge in [-0.3, -0.25) is 9.21 Å². The Morgan fingerprint density at radius 2 is 2.05 bits per heavy atom. The van der Waals surface area contributed by atoms with E-state index in [-0.39, 0.29) is 5.54 Å². The van der Waals surface area contributed by atoms with Gasteiger partial charge in [0.25, 0.3) is 0 Å². The van der Waals surface area contributed by atoms with Crippen LogP contribution in [0.25, 0.3) is 0 Å². The molecule has 1 atom stereocenters. The summed E-state index contributed by atoms with van der Waals surface area (Å²) in [7, 11) is -3.27.